The number of urea groups is 1. The first-order valence-corrected chi connectivity index (χ1v) is 3.45. The van der Waals surface area contributed by atoms with Crippen LogP contribution in [-0.2, 0) is 0 Å². The number of hydrogen-bond donors (Lipinski definition) is 5. The number of nitrogens with zero attached hydrogens (tertiary/aromatic N) is 2. The topological polar surface area (TPSA) is 117 Å². The van der Waals surface area contributed by atoms with Gasteiger partial charge in [-0.05, 0) is 0 Å². The van der Waals surface area contributed by atoms with E-state index in [-0.39, 0.29) is 5.84 Å². The summed E-state index contributed by atoms with van der Waals surface area (Å²) in [5, 5.41) is 31.1. The van der Waals surface area contributed by atoms with Gasteiger partial charge in [-0.15, -0.1) is 0 Å². The highest BCUT2D eigenvalue weighted by Crippen LogP contribution is 2.06. The van der Waals surface area contributed by atoms with Crippen molar-refractivity contribution in [1.29, 1.82) is 0 Å². The van der Waals surface area contributed by atoms with Gasteiger partial charge in [0.25, 0.3) is 0 Å². The lowest BCUT2D eigenvalue weighted by Gasteiger charge is -2.35. The molecular formula is C5H10N4O4. The minimum Gasteiger partial charge on any atom is -0.409 e. The molecule has 1 fully saturated rings. The van der Waals surface area contributed by atoms with Crippen LogP contribution in [0.2, 0.25) is 0 Å². The quantitative estimate of drug-likeness (QED) is 0.244. The molecule has 2 amide bonds. The molecule has 8 heteroatoms. The number of aliphatic hydroxyl groups excluding tert-OH is 1. The number of likely N-dealkylation sites (N-methyl/N-ethyl adjacent to an activating group) is 1. The molecule has 0 aliphatic carbocycles. The van der Waals surface area contributed by atoms with Crippen molar-refractivity contribution in [2.45, 2.75) is 12.3 Å². The van der Waals surface area contributed by atoms with E-state index < -0.39 is 18.3 Å². The summed E-state index contributed by atoms with van der Waals surface area (Å²) in [5.41, 5.74) is 1.72. The van der Waals surface area contributed by atoms with Crippen LogP contribution in [0, 0.1) is 0 Å². The van der Waals surface area contributed by atoms with Gasteiger partial charge in [0.15, 0.2) is 11.9 Å². The van der Waals surface area contributed by atoms with Gasteiger partial charge in [0.1, 0.15) is 6.17 Å². The number of carbonyl (C=O) groups is 1. The molecule has 1 heterocycles. The summed E-state index contributed by atoms with van der Waals surface area (Å²) >= 11 is 0. The van der Waals surface area contributed by atoms with Crippen LogP contribution < -0.4 is 10.8 Å². The number of hydroxylamine groups is 1. The monoisotopic (exact) mass is 190 g/mol. The van der Waals surface area contributed by atoms with Gasteiger partial charge in [0, 0.05) is 7.05 Å². The van der Waals surface area contributed by atoms with E-state index in [1.807, 2.05) is 0 Å². The molecule has 5 N–H and O–H groups in total. The molecule has 1 saturated heterocycles. The lowest BCUT2D eigenvalue weighted by atomic mass is 10.2. The predicted octanol–water partition coefficient (Wildman–Crippen LogP) is -1.91. The van der Waals surface area contributed by atoms with E-state index in [1.54, 1.807) is 5.48 Å². The Morgan fingerprint density at radius 1 is 1.69 bits per heavy atom. The maximum Gasteiger partial charge on any atom is 0.324 e. The summed E-state index contributed by atoms with van der Waals surface area (Å²) in [6, 6.07) is -0.593. The number of carbonyl (C=O) groups excluding carboxylic acids is 1. The summed E-state index contributed by atoms with van der Waals surface area (Å²) in [4.78, 5) is 12.1. The van der Waals surface area contributed by atoms with Gasteiger partial charge >= 0.3 is 6.03 Å². The molecule has 0 aromatic carbocycles. The first-order chi connectivity index (χ1) is 6.11. The van der Waals surface area contributed by atoms with E-state index in [0.717, 1.165) is 4.90 Å². The number of amides is 2. The minimum absolute atomic E-state index is 0.311. The maximum absolute atomic E-state index is 11.0. The standard InChI is InChI=1S/C5H10N4O4/c1-9-4(8-13)2(10)3(7-12)6-5(9)11/h2,4,8,10,12-13H,1H3,(H,6,7,11). The Hall–Kier alpha value is -1.38. The van der Waals surface area contributed by atoms with Gasteiger partial charge in [-0.3, -0.25) is 5.32 Å². The summed E-state index contributed by atoms with van der Waals surface area (Å²) in [5.74, 6) is -0.311. The van der Waals surface area contributed by atoms with Crippen LogP contribution in [-0.4, -0.2) is 51.6 Å². The molecule has 8 nitrogen and oxygen atoms in total. The number of aliphatic hydroxyl groups is 1. The zero-order valence-corrected chi connectivity index (χ0v) is 6.80. The lowest BCUT2D eigenvalue weighted by Crippen LogP contribution is -2.65. The minimum atomic E-state index is -1.31. The van der Waals surface area contributed by atoms with Gasteiger partial charge < -0.3 is 20.4 Å². The molecule has 0 saturated carbocycles. The Morgan fingerprint density at radius 2 is 2.31 bits per heavy atom. The van der Waals surface area contributed by atoms with E-state index in [9.17, 15) is 9.90 Å². The van der Waals surface area contributed by atoms with Crippen molar-refractivity contribution in [2.75, 3.05) is 7.05 Å². The third kappa shape index (κ3) is 1.54. The number of rotatable bonds is 1. The first-order valence-electron chi connectivity index (χ1n) is 3.45. The van der Waals surface area contributed by atoms with Crippen LogP contribution in [0.1, 0.15) is 0 Å². The smallest absolute Gasteiger partial charge is 0.324 e. The zero-order valence-electron chi connectivity index (χ0n) is 6.80. The van der Waals surface area contributed by atoms with Crippen LogP contribution >= 0.6 is 0 Å². The lowest BCUT2D eigenvalue weighted by molar-refractivity contribution is 0.0000291. The normalized spacial score (nSPS) is 32.1. The fourth-order valence-corrected chi connectivity index (χ4v) is 1.00. The average Bonchev–Trinajstić information content (AvgIpc) is 2.12. The molecule has 1 aliphatic rings. The molecule has 0 aromatic heterocycles. The van der Waals surface area contributed by atoms with Crippen molar-refractivity contribution in [3.05, 3.63) is 0 Å². The molecule has 2 atom stereocenters. The Bertz CT molecular complexity index is 243. The Morgan fingerprint density at radius 3 is 2.77 bits per heavy atom. The molecule has 1 rings (SSSR count). The molecule has 2 unspecified atom stereocenters. The fourth-order valence-electron chi connectivity index (χ4n) is 1.00. The van der Waals surface area contributed by atoms with Gasteiger partial charge in [0.05, 0.1) is 0 Å². The number of nitrogens with one attached hydrogen (secondary N) is 2. The van der Waals surface area contributed by atoms with Crippen molar-refractivity contribution in [1.82, 2.24) is 15.7 Å². The highest BCUT2D eigenvalue weighted by Gasteiger charge is 2.37. The highest BCUT2D eigenvalue weighted by molar-refractivity contribution is 6.02. The van der Waals surface area contributed by atoms with Crippen molar-refractivity contribution >= 4 is 11.9 Å². The summed E-state index contributed by atoms with van der Waals surface area (Å²) in [6.07, 6.45) is -2.34. The van der Waals surface area contributed by atoms with Gasteiger partial charge in [0.2, 0.25) is 0 Å². The van der Waals surface area contributed by atoms with Crippen LogP contribution in [0.25, 0.3) is 0 Å². The second-order valence-corrected chi connectivity index (χ2v) is 2.55. The number of oxime groups is 1. The molecule has 0 aromatic rings. The van der Waals surface area contributed by atoms with Crippen LogP contribution in [0.4, 0.5) is 4.79 Å². The highest BCUT2D eigenvalue weighted by atomic mass is 16.5. The largest absolute Gasteiger partial charge is 0.409 e. The first kappa shape index (κ1) is 9.71. The molecule has 0 spiro atoms. The maximum atomic E-state index is 11.0. The van der Waals surface area contributed by atoms with Gasteiger partial charge in [-0.2, -0.15) is 5.48 Å². The van der Waals surface area contributed by atoms with E-state index in [0.29, 0.717) is 0 Å². The van der Waals surface area contributed by atoms with Gasteiger partial charge in [-0.25, -0.2) is 4.79 Å². The average molecular weight is 190 g/mol. The van der Waals surface area contributed by atoms with E-state index in [4.69, 9.17) is 10.4 Å². The third-order valence-electron chi connectivity index (χ3n) is 1.79. The molecule has 74 valence electrons. The van der Waals surface area contributed by atoms with E-state index in [1.165, 1.54) is 7.05 Å². The summed E-state index contributed by atoms with van der Waals surface area (Å²) in [7, 11) is 1.36. The SMILES string of the molecule is CN1C(=O)N/C(=N\O)C(O)C1NO. The Labute approximate surface area is 73.4 Å². The van der Waals surface area contributed by atoms with Crippen LogP contribution in [0.3, 0.4) is 0 Å². The van der Waals surface area contributed by atoms with Gasteiger partial charge in [-0.1, -0.05) is 5.16 Å². The van der Waals surface area contributed by atoms with Crippen molar-refractivity contribution in [3.63, 3.8) is 0 Å². The van der Waals surface area contributed by atoms with Crippen molar-refractivity contribution in [3.8, 4) is 0 Å². The second-order valence-electron chi connectivity index (χ2n) is 2.55. The van der Waals surface area contributed by atoms with Crippen molar-refractivity contribution < 1.29 is 20.3 Å². The molecule has 13 heavy (non-hydrogen) atoms. The Kier molecular flexibility index (Phi) is 2.66. The molecule has 0 bridgehead atoms. The number of amidine groups is 1. The van der Waals surface area contributed by atoms with E-state index >= 15 is 0 Å². The Balaban J connectivity index is 2.87. The summed E-state index contributed by atoms with van der Waals surface area (Å²) in [6.45, 7) is 0. The fraction of sp³-hybridized carbons (Fsp3) is 0.600. The van der Waals surface area contributed by atoms with E-state index in [2.05, 4.69) is 10.5 Å². The van der Waals surface area contributed by atoms with Crippen LogP contribution in [0.15, 0.2) is 5.16 Å². The summed E-state index contributed by atoms with van der Waals surface area (Å²) < 4.78 is 0. The van der Waals surface area contributed by atoms with Crippen molar-refractivity contribution in [2.24, 2.45) is 5.16 Å². The zero-order chi connectivity index (χ0) is 10.0. The molecular weight excluding hydrogens is 180 g/mol. The molecule has 1 aliphatic heterocycles. The third-order valence-corrected chi connectivity index (χ3v) is 1.79. The number of hydrogen-bond acceptors (Lipinski definition) is 6. The second kappa shape index (κ2) is 3.56. The van der Waals surface area contributed by atoms with Crippen LogP contribution in [0.5, 0.6) is 0 Å². The predicted molar refractivity (Wildman–Crippen MR) is 40.2 cm³/mol. The molecule has 0 radical (unpaired) electrons.